The molecule has 0 bridgehead atoms. The molecule has 1 aliphatic heterocycles. The monoisotopic (exact) mass is 360 g/mol. The number of aromatic nitrogens is 2. The molecule has 1 atom stereocenters. The van der Waals surface area contributed by atoms with Gasteiger partial charge in [-0.15, -0.1) is 0 Å². The molecule has 2 amide bonds. The van der Waals surface area contributed by atoms with Gasteiger partial charge in [-0.3, -0.25) is 14.3 Å². The highest BCUT2D eigenvalue weighted by molar-refractivity contribution is 6.02. The first-order valence-corrected chi connectivity index (χ1v) is 9.46. The van der Waals surface area contributed by atoms with Gasteiger partial charge in [0.25, 0.3) is 5.91 Å². The SMILES string of the molecule is COCCN1C(=O)C(CC(=O)NCCCn2cccn2)=C2CCCCC21. The summed E-state index contributed by atoms with van der Waals surface area (Å²) in [4.78, 5) is 27.1. The summed E-state index contributed by atoms with van der Waals surface area (Å²) < 4.78 is 6.99. The summed E-state index contributed by atoms with van der Waals surface area (Å²) in [7, 11) is 1.65. The zero-order chi connectivity index (χ0) is 18.4. The molecule has 2 aliphatic rings. The number of carbonyl (C=O) groups is 2. The lowest BCUT2D eigenvalue weighted by Crippen LogP contribution is -2.39. The van der Waals surface area contributed by atoms with Gasteiger partial charge in [-0.1, -0.05) is 6.42 Å². The predicted octanol–water partition coefficient (Wildman–Crippen LogP) is 1.51. The van der Waals surface area contributed by atoms with Crippen molar-refractivity contribution in [2.24, 2.45) is 0 Å². The van der Waals surface area contributed by atoms with Gasteiger partial charge in [0.15, 0.2) is 0 Å². The lowest BCUT2D eigenvalue weighted by atomic mass is 9.88. The van der Waals surface area contributed by atoms with Crippen LogP contribution in [0.2, 0.25) is 0 Å². The molecule has 1 aliphatic carbocycles. The predicted molar refractivity (Wildman–Crippen MR) is 97.3 cm³/mol. The number of hydrogen-bond acceptors (Lipinski definition) is 4. The standard InChI is InChI=1S/C19H28N4O3/c1-26-13-12-23-17-7-3-2-6-15(17)16(19(23)25)14-18(24)20-8-4-10-22-11-5-9-21-22/h5,9,11,17H,2-4,6-8,10,12-14H2,1H3,(H,20,24). The molecule has 1 unspecified atom stereocenters. The van der Waals surface area contributed by atoms with Crippen LogP contribution < -0.4 is 5.32 Å². The lowest BCUT2D eigenvalue weighted by Gasteiger charge is -2.29. The third-order valence-electron chi connectivity index (χ3n) is 5.18. The Kier molecular flexibility index (Phi) is 6.44. The van der Waals surface area contributed by atoms with E-state index < -0.39 is 0 Å². The van der Waals surface area contributed by atoms with Crippen LogP contribution in [0.3, 0.4) is 0 Å². The fourth-order valence-corrected chi connectivity index (χ4v) is 3.90. The van der Waals surface area contributed by atoms with Crippen molar-refractivity contribution in [1.82, 2.24) is 20.0 Å². The Hall–Kier alpha value is -2.15. The van der Waals surface area contributed by atoms with E-state index in [1.54, 1.807) is 13.3 Å². The molecule has 0 spiro atoms. The first kappa shape index (κ1) is 18.6. The average molecular weight is 360 g/mol. The van der Waals surface area contributed by atoms with Crippen LogP contribution in [0.1, 0.15) is 38.5 Å². The van der Waals surface area contributed by atoms with Crippen molar-refractivity contribution in [1.29, 1.82) is 0 Å². The van der Waals surface area contributed by atoms with Crippen LogP contribution >= 0.6 is 0 Å². The number of carbonyl (C=O) groups excluding carboxylic acids is 2. The first-order valence-electron chi connectivity index (χ1n) is 9.46. The minimum Gasteiger partial charge on any atom is -0.383 e. The van der Waals surface area contributed by atoms with Gasteiger partial charge in [0.05, 0.1) is 19.1 Å². The molecule has 1 aromatic rings. The molecule has 142 valence electrons. The average Bonchev–Trinajstić information content (AvgIpc) is 3.25. The Labute approximate surface area is 154 Å². The van der Waals surface area contributed by atoms with Crippen LogP contribution in [0.4, 0.5) is 0 Å². The van der Waals surface area contributed by atoms with E-state index in [0.717, 1.165) is 44.2 Å². The van der Waals surface area contributed by atoms with Crippen molar-refractivity contribution in [3.63, 3.8) is 0 Å². The zero-order valence-electron chi connectivity index (χ0n) is 15.4. The van der Waals surface area contributed by atoms with E-state index >= 15 is 0 Å². The second-order valence-electron chi connectivity index (χ2n) is 6.91. The van der Waals surface area contributed by atoms with E-state index in [9.17, 15) is 9.59 Å². The Morgan fingerprint density at radius 3 is 3.04 bits per heavy atom. The van der Waals surface area contributed by atoms with E-state index in [0.29, 0.717) is 19.7 Å². The molecule has 2 heterocycles. The van der Waals surface area contributed by atoms with E-state index in [1.807, 2.05) is 21.8 Å². The molecule has 1 N–H and O–H groups in total. The number of aryl methyl sites for hydroxylation is 1. The molecule has 0 radical (unpaired) electrons. The minimum atomic E-state index is -0.0702. The third-order valence-corrected chi connectivity index (χ3v) is 5.18. The molecule has 7 heteroatoms. The van der Waals surface area contributed by atoms with E-state index in [-0.39, 0.29) is 24.3 Å². The number of fused-ring (bicyclic) bond motifs is 1. The minimum absolute atomic E-state index is 0.0237. The van der Waals surface area contributed by atoms with Crippen molar-refractivity contribution in [2.75, 3.05) is 26.8 Å². The maximum Gasteiger partial charge on any atom is 0.250 e. The van der Waals surface area contributed by atoms with Crippen molar-refractivity contribution < 1.29 is 14.3 Å². The van der Waals surface area contributed by atoms with Gasteiger partial charge in [-0.2, -0.15) is 5.10 Å². The summed E-state index contributed by atoms with van der Waals surface area (Å²) in [6, 6.07) is 2.06. The van der Waals surface area contributed by atoms with Crippen LogP contribution in [-0.4, -0.2) is 59.3 Å². The van der Waals surface area contributed by atoms with Gasteiger partial charge < -0.3 is 15.0 Å². The zero-order valence-corrected chi connectivity index (χ0v) is 15.4. The Morgan fingerprint density at radius 2 is 2.27 bits per heavy atom. The molecule has 1 aromatic heterocycles. The van der Waals surface area contributed by atoms with Gasteiger partial charge >= 0.3 is 0 Å². The van der Waals surface area contributed by atoms with Crippen LogP contribution in [0, 0.1) is 0 Å². The third kappa shape index (κ3) is 4.33. The maximum absolute atomic E-state index is 12.8. The number of ether oxygens (including phenoxy) is 1. The van der Waals surface area contributed by atoms with Crippen LogP contribution in [0.15, 0.2) is 29.6 Å². The van der Waals surface area contributed by atoms with Crippen LogP contribution in [0.5, 0.6) is 0 Å². The first-order chi connectivity index (χ1) is 12.7. The van der Waals surface area contributed by atoms with Crippen molar-refractivity contribution >= 4 is 11.8 Å². The normalized spacial score (nSPS) is 19.8. The summed E-state index contributed by atoms with van der Waals surface area (Å²) in [6.07, 6.45) is 8.83. The second-order valence-corrected chi connectivity index (χ2v) is 6.91. The number of amides is 2. The molecule has 7 nitrogen and oxygen atoms in total. The van der Waals surface area contributed by atoms with Gasteiger partial charge in [0, 0.05) is 44.7 Å². The summed E-state index contributed by atoms with van der Waals surface area (Å²) in [5.74, 6) is -0.0464. The highest BCUT2D eigenvalue weighted by Gasteiger charge is 2.39. The van der Waals surface area contributed by atoms with Crippen LogP contribution in [0.25, 0.3) is 0 Å². The molecular formula is C19H28N4O3. The number of nitrogens with zero attached hydrogens (tertiary/aromatic N) is 3. The summed E-state index contributed by atoms with van der Waals surface area (Å²) in [6.45, 7) is 2.49. The number of rotatable bonds is 9. The van der Waals surface area contributed by atoms with E-state index in [2.05, 4.69) is 10.4 Å². The van der Waals surface area contributed by atoms with Gasteiger partial charge in [-0.25, -0.2) is 0 Å². The number of hydrogen-bond donors (Lipinski definition) is 1. The van der Waals surface area contributed by atoms with E-state index in [4.69, 9.17) is 4.74 Å². The van der Waals surface area contributed by atoms with Gasteiger partial charge in [0.1, 0.15) is 0 Å². The molecule has 1 fully saturated rings. The summed E-state index contributed by atoms with van der Waals surface area (Å²) in [5.41, 5.74) is 1.90. The maximum atomic E-state index is 12.8. The Balaban J connectivity index is 1.53. The molecule has 3 rings (SSSR count). The lowest BCUT2D eigenvalue weighted by molar-refractivity contribution is -0.129. The fourth-order valence-electron chi connectivity index (χ4n) is 3.90. The quantitative estimate of drug-likeness (QED) is 0.677. The number of nitrogens with one attached hydrogen (secondary N) is 1. The Morgan fingerprint density at radius 1 is 1.38 bits per heavy atom. The van der Waals surface area contributed by atoms with Crippen molar-refractivity contribution in [3.05, 3.63) is 29.6 Å². The topological polar surface area (TPSA) is 76.5 Å². The summed E-state index contributed by atoms with van der Waals surface area (Å²) in [5, 5.41) is 7.08. The van der Waals surface area contributed by atoms with Crippen molar-refractivity contribution in [2.45, 2.75) is 51.1 Å². The molecular weight excluding hydrogens is 332 g/mol. The summed E-state index contributed by atoms with van der Waals surface area (Å²) >= 11 is 0. The molecule has 1 saturated carbocycles. The molecule has 26 heavy (non-hydrogen) atoms. The molecule has 0 aromatic carbocycles. The highest BCUT2D eigenvalue weighted by atomic mass is 16.5. The van der Waals surface area contributed by atoms with Crippen molar-refractivity contribution in [3.8, 4) is 0 Å². The van der Waals surface area contributed by atoms with Crippen LogP contribution in [-0.2, 0) is 20.9 Å². The smallest absolute Gasteiger partial charge is 0.250 e. The largest absolute Gasteiger partial charge is 0.383 e. The van der Waals surface area contributed by atoms with E-state index in [1.165, 1.54) is 5.57 Å². The highest BCUT2D eigenvalue weighted by Crippen LogP contribution is 2.37. The number of methoxy groups -OCH3 is 1. The van der Waals surface area contributed by atoms with Gasteiger partial charge in [0.2, 0.25) is 5.91 Å². The Bertz CT molecular complexity index is 654. The fraction of sp³-hybridized carbons (Fsp3) is 0.632. The van der Waals surface area contributed by atoms with Gasteiger partial charge in [-0.05, 0) is 37.3 Å². The second kappa shape index (κ2) is 8.98. The molecule has 0 saturated heterocycles.